The number of nitrogens with two attached hydrogens (primary N) is 1. The number of nitrogen functional groups attached to an aromatic ring is 1. The second-order valence-corrected chi connectivity index (χ2v) is 2.92. The molecule has 66 valence electrons. The molecule has 4 heteroatoms. The Morgan fingerprint density at radius 3 is 3.08 bits per heavy atom. The Morgan fingerprint density at radius 2 is 2.31 bits per heavy atom. The van der Waals surface area contributed by atoms with Crippen LogP contribution in [0.2, 0.25) is 0 Å². The molecule has 0 saturated heterocycles. The number of aromatic amines is 1. The third kappa shape index (κ3) is 1.16. The first kappa shape index (κ1) is 7.79. The first-order valence-corrected chi connectivity index (χ1v) is 3.93. The lowest BCUT2D eigenvalue weighted by Gasteiger charge is -2.00. The number of H-pyrrole nitrogens is 1. The molecular weight excluding hydrogens is 166 g/mol. The van der Waals surface area contributed by atoms with Crippen LogP contribution < -0.4 is 11.3 Å². The number of rotatable bonds is 0. The minimum Gasteiger partial charge on any atom is -0.383 e. The lowest BCUT2D eigenvalue weighted by Crippen LogP contribution is -2.08. The number of nitrogens with zero attached hydrogens (tertiary/aromatic N) is 1. The summed E-state index contributed by atoms with van der Waals surface area (Å²) in [5.41, 5.74) is 6.25. The predicted octanol–water partition coefficient (Wildman–Crippen LogP) is 0.814. The number of aromatic nitrogens is 2. The number of aryl methyl sites for hydroxylation is 1. The van der Waals surface area contributed by atoms with Crippen molar-refractivity contribution >= 4 is 16.6 Å². The van der Waals surface area contributed by atoms with E-state index in [2.05, 4.69) is 9.97 Å². The average Bonchev–Trinajstić information content (AvgIpc) is 2.02. The molecule has 0 fully saturated rings. The minimum absolute atomic E-state index is 0.192. The Balaban J connectivity index is 3.03. The molecule has 0 saturated carbocycles. The van der Waals surface area contributed by atoms with Gasteiger partial charge in [-0.25, -0.2) is 4.98 Å². The van der Waals surface area contributed by atoms with E-state index >= 15 is 0 Å². The summed E-state index contributed by atoms with van der Waals surface area (Å²) in [5.74, 6) is 0.289. The molecule has 0 unspecified atom stereocenters. The molecule has 2 aromatic rings. The Kier molecular flexibility index (Phi) is 1.55. The molecule has 0 aliphatic rings. The van der Waals surface area contributed by atoms with E-state index in [1.54, 1.807) is 6.20 Å². The molecule has 13 heavy (non-hydrogen) atoms. The summed E-state index contributed by atoms with van der Waals surface area (Å²) in [6.45, 7) is 1.84. The van der Waals surface area contributed by atoms with Gasteiger partial charge in [0.25, 0.3) is 5.56 Å². The number of anilines is 1. The van der Waals surface area contributed by atoms with Crippen molar-refractivity contribution in [2.75, 3.05) is 5.73 Å². The largest absolute Gasteiger partial charge is 0.383 e. The third-order valence-corrected chi connectivity index (χ3v) is 1.91. The van der Waals surface area contributed by atoms with Gasteiger partial charge in [-0.05, 0) is 24.4 Å². The zero-order valence-corrected chi connectivity index (χ0v) is 7.16. The molecule has 0 amide bonds. The fourth-order valence-electron chi connectivity index (χ4n) is 1.38. The van der Waals surface area contributed by atoms with Gasteiger partial charge in [0.2, 0.25) is 0 Å². The van der Waals surface area contributed by atoms with Crippen LogP contribution in [0.15, 0.2) is 23.1 Å². The highest BCUT2D eigenvalue weighted by molar-refractivity contribution is 5.90. The van der Waals surface area contributed by atoms with E-state index in [1.807, 2.05) is 19.1 Å². The van der Waals surface area contributed by atoms with Gasteiger partial charge in [-0.2, -0.15) is 0 Å². The van der Waals surface area contributed by atoms with Gasteiger partial charge < -0.3 is 10.7 Å². The molecule has 0 atom stereocenters. The molecule has 0 aromatic carbocycles. The molecule has 2 heterocycles. The first-order valence-electron chi connectivity index (χ1n) is 3.93. The summed E-state index contributed by atoms with van der Waals surface area (Å²) < 4.78 is 0. The monoisotopic (exact) mass is 175 g/mol. The summed E-state index contributed by atoms with van der Waals surface area (Å²) in [6, 6.07) is 3.64. The van der Waals surface area contributed by atoms with Gasteiger partial charge in [0.15, 0.2) is 0 Å². The van der Waals surface area contributed by atoms with Crippen LogP contribution in [0.25, 0.3) is 10.8 Å². The molecule has 4 nitrogen and oxygen atoms in total. The Bertz CT molecular complexity index is 516. The molecule has 3 N–H and O–H groups in total. The minimum atomic E-state index is -0.192. The normalized spacial score (nSPS) is 10.5. The summed E-state index contributed by atoms with van der Waals surface area (Å²) in [5, 5.41) is 1.29. The van der Waals surface area contributed by atoms with Gasteiger partial charge >= 0.3 is 0 Å². The van der Waals surface area contributed by atoms with Crippen LogP contribution in [0.4, 0.5) is 5.82 Å². The summed E-state index contributed by atoms with van der Waals surface area (Å²) in [6.07, 6.45) is 1.60. The number of fused-ring (bicyclic) bond motifs is 1. The number of hydrogen-bond acceptors (Lipinski definition) is 3. The van der Waals surface area contributed by atoms with Gasteiger partial charge in [-0.1, -0.05) is 0 Å². The second-order valence-electron chi connectivity index (χ2n) is 2.92. The molecule has 0 bridgehead atoms. The SMILES string of the molecule is Cc1cc2cc[nH]c(=O)c2c(N)n1. The van der Waals surface area contributed by atoms with E-state index in [0.29, 0.717) is 5.39 Å². The number of nitrogens with one attached hydrogen (secondary N) is 1. The number of pyridine rings is 2. The van der Waals surface area contributed by atoms with Crippen LogP contribution in [0.3, 0.4) is 0 Å². The highest BCUT2D eigenvalue weighted by Crippen LogP contribution is 2.14. The van der Waals surface area contributed by atoms with E-state index in [4.69, 9.17) is 5.73 Å². The van der Waals surface area contributed by atoms with E-state index in [1.165, 1.54) is 0 Å². The molecule has 2 aromatic heterocycles. The zero-order chi connectivity index (χ0) is 9.42. The van der Waals surface area contributed by atoms with Crippen molar-refractivity contribution in [2.45, 2.75) is 6.92 Å². The van der Waals surface area contributed by atoms with Crippen molar-refractivity contribution in [3.05, 3.63) is 34.4 Å². The van der Waals surface area contributed by atoms with E-state index in [-0.39, 0.29) is 11.4 Å². The molecule has 0 radical (unpaired) electrons. The lowest BCUT2D eigenvalue weighted by atomic mass is 10.2. The van der Waals surface area contributed by atoms with Crippen molar-refractivity contribution in [1.82, 2.24) is 9.97 Å². The van der Waals surface area contributed by atoms with Crippen LogP contribution in [-0.4, -0.2) is 9.97 Å². The fourth-order valence-corrected chi connectivity index (χ4v) is 1.38. The van der Waals surface area contributed by atoms with E-state index in [9.17, 15) is 4.79 Å². The van der Waals surface area contributed by atoms with Gasteiger partial charge in [0, 0.05) is 11.9 Å². The predicted molar refractivity (Wildman–Crippen MR) is 51.5 cm³/mol. The Hall–Kier alpha value is -1.84. The van der Waals surface area contributed by atoms with Gasteiger partial charge in [0.1, 0.15) is 5.82 Å². The standard InChI is InChI=1S/C9H9N3O/c1-5-4-6-2-3-11-9(13)7(6)8(10)12-5/h2-4H,1H3,(H2,10,12)(H,11,13). The summed E-state index contributed by atoms with van der Waals surface area (Å²) >= 11 is 0. The molecule has 2 rings (SSSR count). The van der Waals surface area contributed by atoms with Gasteiger partial charge in [0.05, 0.1) is 5.39 Å². The van der Waals surface area contributed by atoms with Crippen molar-refractivity contribution in [3.8, 4) is 0 Å². The topological polar surface area (TPSA) is 71.8 Å². The molecule has 0 aliphatic heterocycles. The van der Waals surface area contributed by atoms with Crippen LogP contribution in [0.1, 0.15) is 5.69 Å². The maximum Gasteiger partial charge on any atom is 0.259 e. The zero-order valence-electron chi connectivity index (χ0n) is 7.16. The Labute approximate surface area is 74.4 Å². The Morgan fingerprint density at radius 1 is 1.54 bits per heavy atom. The smallest absolute Gasteiger partial charge is 0.259 e. The van der Waals surface area contributed by atoms with Gasteiger partial charge in [-0.3, -0.25) is 4.79 Å². The van der Waals surface area contributed by atoms with Gasteiger partial charge in [-0.15, -0.1) is 0 Å². The number of hydrogen-bond donors (Lipinski definition) is 2. The van der Waals surface area contributed by atoms with Crippen LogP contribution in [0, 0.1) is 6.92 Å². The highest BCUT2D eigenvalue weighted by atomic mass is 16.1. The highest BCUT2D eigenvalue weighted by Gasteiger charge is 2.03. The van der Waals surface area contributed by atoms with E-state index in [0.717, 1.165) is 11.1 Å². The fraction of sp³-hybridized carbons (Fsp3) is 0.111. The van der Waals surface area contributed by atoms with Crippen molar-refractivity contribution in [3.63, 3.8) is 0 Å². The molecular formula is C9H9N3O. The van der Waals surface area contributed by atoms with Crippen LogP contribution >= 0.6 is 0 Å². The quantitative estimate of drug-likeness (QED) is 0.622. The molecule has 0 spiro atoms. The lowest BCUT2D eigenvalue weighted by molar-refractivity contribution is 1.21. The van der Waals surface area contributed by atoms with E-state index < -0.39 is 0 Å². The molecule has 0 aliphatic carbocycles. The third-order valence-electron chi connectivity index (χ3n) is 1.91. The first-order chi connectivity index (χ1) is 6.18. The maximum atomic E-state index is 11.3. The van der Waals surface area contributed by atoms with Crippen LogP contribution in [0.5, 0.6) is 0 Å². The maximum absolute atomic E-state index is 11.3. The van der Waals surface area contributed by atoms with Crippen molar-refractivity contribution in [1.29, 1.82) is 0 Å². The summed E-state index contributed by atoms with van der Waals surface area (Å²) in [4.78, 5) is 17.9. The summed E-state index contributed by atoms with van der Waals surface area (Å²) in [7, 11) is 0. The second kappa shape index (κ2) is 2.58. The van der Waals surface area contributed by atoms with Crippen molar-refractivity contribution in [2.24, 2.45) is 0 Å². The average molecular weight is 175 g/mol. The van der Waals surface area contributed by atoms with Crippen LogP contribution in [-0.2, 0) is 0 Å². The van der Waals surface area contributed by atoms with Crippen molar-refractivity contribution < 1.29 is 0 Å².